The molecular formula is C26H22ClNO5. The molecule has 168 valence electrons. The summed E-state index contributed by atoms with van der Waals surface area (Å²) < 4.78 is 5.64. The first-order valence-corrected chi connectivity index (χ1v) is 10.8. The van der Waals surface area contributed by atoms with Crippen molar-refractivity contribution in [1.29, 1.82) is 0 Å². The molecule has 7 heteroatoms. The van der Waals surface area contributed by atoms with E-state index in [1.165, 1.54) is 17.0 Å². The molecule has 1 unspecified atom stereocenters. The summed E-state index contributed by atoms with van der Waals surface area (Å²) in [5.41, 5.74) is 1.29. The lowest BCUT2D eigenvalue weighted by molar-refractivity contribution is -0.132. The molecule has 1 saturated heterocycles. The van der Waals surface area contributed by atoms with Crippen LogP contribution in [0, 0.1) is 0 Å². The van der Waals surface area contributed by atoms with Crippen molar-refractivity contribution in [2.24, 2.45) is 0 Å². The normalized spacial score (nSPS) is 17.6. The van der Waals surface area contributed by atoms with Gasteiger partial charge in [-0.05, 0) is 74.0 Å². The number of aliphatic hydroxyl groups is 1. The largest absolute Gasteiger partial charge is 0.508 e. The van der Waals surface area contributed by atoms with E-state index < -0.39 is 17.7 Å². The molecule has 33 heavy (non-hydrogen) atoms. The molecular weight excluding hydrogens is 442 g/mol. The van der Waals surface area contributed by atoms with Crippen LogP contribution in [0.1, 0.15) is 31.0 Å². The number of nitrogens with zero attached hydrogens (tertiary/aromatic N) is 1. The van der Waals surface area contributed by atoms with Crippen molar-refractivity contribution < 1.29 is 24.5 Å². The van der Waals surface area contributed by atoms with Crippen LogP contribution < -0.4 is 9.64 Å². The summed E-state index contributed by atoms with van der Waals surface area (Å²) >= 11 is 6.14. The minimum absolute atomic E-state index is 0.0121. The van der Waals surface area contributed by atoms with Crippen LogP contribution in [0.5, 0.6) is 11.5 Å². The highest BCUT2D eigenvalue weighted by Crippen LogP contribution is 2.43. The molecule has 2 N–H and O–H groups in total. The number of aromatic hydroxyl groups is 1. The Morgan fingerprint density at radius 1 is 1.00 bits per heavy atom. The van der Waals surface area contributed by atoms with Crippen molar-refractivity contribution in [3.63, 3.8) is 0 Å². The zero-order chi connectivity index (χ0) is 23.7. The van der Waals surface area contributed by atoms with E-state index in [-0.39, 0.29) is 23.2 Å². The predicted octanol–water partition coefficient (Wildman–Crippen LogP) is 5.46. The van der Waals surface area contributed by atoms with E-state index in [1.807, 2.05) is 13.8 Å². The minimum atomic E-state index is -0.907. The van der Waals surface area contributed by atoms with Crippen LogP contribution in [0.4, 0.5) is 5.69 Å². The Morgan fingerprint density at radius 3 is 2.27 bits per heavy atom. The van der Waals surface area contributed by atoms with E-state index in [9.17, 15) is 19.8 Å². The van der Waals surface area contributed by atoms with Crippen LogP contribution in [0.25, 0.3) is 5.76 Å². The fourth-order valence-electron chi connectivity index (χ4n) is 3.82. The van der Waals surface area contributed by atoms with Crippen molar-refractivity contribution in [3.05, 3.63) is 94.5 Å². The van der Waals surface area contributed by atoms with Gasteiger partial charge in [0.1, 0.15) is 17.3 Å². The van der Waals surface area contributed by atoms with Gasteiger partial charge in [-0.3, -0.25) is 14.5 Å². The summed E-state index contributed by atoms with van der Waals surface area (Å²) in [5, 5.41) is 21.3. The molecule has 0 saturated carbocycles. The third-order valence-corrected chi connectivity index (χ3v) is 5.47. The third-order valence-electron chi connectivity index (χ3n) is 5.24. The number of halogens is 1. The average molecular weight is 464 g/mol. The lowest BCUT2D eigenvalue weighted by atomic mass is 9.95. The van der Waals surface area contributed by atoms with Crippen molar-refractivity contribution in [3.8, 4) is 11.5 Å². The molecule has 1 heterocycles. The van der Waals surface area contributed by atoms with Gasteiger partial charge in [0.05, 0.1) is 17.7 Å². The first kappa shape index (κ1) is 22.4. The van der Waals surface area contributed by atoms with Crippen molar-refractivity contribution in [2.45, 2.75) is 26.0 Å². The maximum absolute atomic E-state index is 13.1. The smallest absolute Gasteiger partial charge is 0.300 e. The van der Waals surface area contributed by atoms with Gasteiger partial charge in [0.15, 0.2) is 0 Å². The molecule has 1 aliphatic heterocycles. The maximum Gasteiger partial charge on any atom is 0.300 e. The molecule has 0 aromatic heterocycles. The fraction of sp³-hybridized carbons (Fsp3) is 0.154. The molecule has 0 radical (unpaired) electrons. The van der Waals surface area contributed by atoms with Gasteiger partial charge in [-0.25, -0.2) is 0 Å². The molecule has 1 amide bonds. The van der Waals surface area contributed by atoms with E-state index in [2.05, 4.69) is 0 Å². The number of anilines is 1. The zero-order valence-corrected chi connectivity index (χ0v) is 18.8. The summed E-state index contributed by atoms with van der Waals surface area (Å²) in [4.78, 5) is 27.6. The Bertz CT molecular complexity index is 1230. The quantitative estimate of drug-likeness (QED) is 0.298. The van der Waals surface area contributed by atoms with Gasteiger partial charge in [-0.2, -0.15) is 0 Å². The van der Waals surface area contributed by atoms with Crippen LogP contribution in [-0.2, 0) is 9.59 Å². The number of ether oxygens (including phenoxy) is 1. The summed E-state index contributed by atoms with van der Waals surface area (Å²) in [7, 11) is 0. The highest BCUT2D eigenvalue weighted by atomic mass is 35.5. The molecule has 0 spiro atoms. The molecule has 1 aliphatic rings. The number of Topliss-reactive ketones (excluding diaryl/α,β-unsaturated/α-hetero) is 1. The average Bonchev–Trinajstić information content (AvgIpc) is 3.04. The summed E-state index contributed by atoms with van der Waals surface area (Å²) in [6.07, 6.45) is -0.0121. The highest BCUT2D eigenvalue weighted by molar-refractivity contribution is 6.51. The zero-order valence-electron chi connectivity index (χ0n) is 18.0. The first-order chi connectivity index (χ1) is 15.8. The molecule has 3 aromatic carbocycles. The summed E-state index contributed by atoms with van der Waals surface area (Å²) in [6, 6.07) is 18.5. The SMILES string of the molecule is CC(C)Oc1ccc(/C(O)=C2\C(=O)C(=O)N(c3cccc(Cl)c3)C2c2ccc(O)cc2)cc1. The molecule has 1 fully saturated rings. The van der Waals surface area contributed by atoms with Gasteiger partial charge in [-0.1, -0.05) is 29.8 Å². The number of hydrogen-bond acceptors (Lipinski definition) is 5. The lowest BCUT2D eigenvalue weighted by Gasteiger charge is -2.25. The topological polar surface area (TPSA) is 87.1 Å². The number of ketones is 1. The number of amides is 1. The number of rotatable bonds is 5. The Balaban J connectivity index is 1.86. The first-order valence-electron chi connectivity index (χ1n) is 10.4. The monoisotopic (exact) mass is 463 g/mol. The van der Waals surface area contributed by atoms with Gasteiger partial charge in [-0.15, -0.1) is 0 Å². The van der Waals surface area contributed by atoms with Crippen molar-refractivity contribution >= 4 is 34.7 Å². The number of phenolic OH excluding ortho intramolecular Hbond substituents is 1. The van der Waals surface area contributed by atoms with Crippen LogP contribution in [-0.4, -0.2) is 28.0 Å². The van der Waals surface area contributed by atoms with Gasteiger partial charge >= 0.3 is 0 Å². The Labute approximate surface area is 196 Å². The number of benzene rings is 3. The lowest BCUT2D eigenvalue weighted by Crippen LogP contribution is -2.29. The van der Waals surface area contributed by atoms with E-state index >= 15 is 0 Å². The number of hydrogen-bond donors (Lipinski definition) is 2. The molecule has 4 rings (SSSR count). The number of carbonyl (C=O) groups is 2. The number of phenols is 1. The molecule has 0 aliphatic carbocycles. The fourth-order valence-corrected chi connectivity index (χ4v) is 4.00. The van der Waals surface area contributed by atoms with Crippen molar-refractivity contribution in [1.82, 2.24) is 0 Å². The summed E-state index contributed by atoms with van der Waals surface area (Å²) in [5.74, 6) is -1.23. The highest BCUT2D eigenvalue weighted by Gasteiger charge is 2.47. The van der Waals surface area contributed by atoms with Crippen LogP contribution >= 0.6 is 11.6 Å². The predicted molar refractivity (Wildman–Crippen MR) is 127 cm³/mol. The number of carbonyl (C=O) groups excluding carboxylic acids is 2. The second kappa shape index (κ2) is 9.00. The third kappa shape index (κ3) is 4.43. The second-order valence-corrected chi connectivity index (χ2v) is 8.37. The minimum Gasteiger partial charge on any atom is -0.508 e. The standard InChI is InChI=1S/C26H22ClNO5/c1-15(2)33-21-12-8-17(9-13-21)24(30)22-23(16-6-10-20(29)11-7-16)28(26(32)25(22)31)19-5-3-4-18(27)14-19/h3-15,23,29-30H,1-2H3/b24-22+. The van der Waals surface area contributed by atoms with Crippen molar-refractivity contribution in [2.75, 3.05) is 4.90 Å². The molecule has 3 aromatic rings. The molecule has 1 atom stereocenters. The number of aliphatic hydroxyl groups excluding tert-OH is 1. The van der Waals surface area contributed by atoms with Crippen LogP contribution in [0.15, 0.2) is 78.4 Å². The van der Waals surface area contributed by atoms with Crippen LogP contribution in [0.3, 0.4) is 0 Å². The van der Waals surface area contributed by atoms with E-state index in [0.717, 1.165) is 0 Å². The Morgan fingerprint density at radius 2 is 1.67 bits per heavy atom. The van der Waals surface area contributed by atoms with Gasteiger partial charge in [0.2, 0.25) is 0 Å². The maximum atomic E-state index is 13.1. The second-order valence-electron chi connectivity index (χ2n) is 7.93. The van der Waals surface area contributed by atoms with Gasteiger partial charge in [0, 0.05) is 16.3 Å². The molecule has 6 nitrogen and oxygen atoms in total. The van der Waals surface area contributed by atoms with Gasteiger partial charge in [0.25, 0.3) is 11.7 Å². The van der Waals surface area contributed by atoms with E-state index in [0.29, 0.717) is 27.6 Å². The van der Waals surface area contributed by atoms with Crippen LogP contribution in [0.2, 0.25) is 5.02 Å². The van der Waals surface area contributed by atoms with Gasteiger partial charge < -0.3 is 14.9 Å². The Kier molecular flexibility index (Phi) is 6.11. The Hall–Kier alpha value is -3.77. The molecule has 0 bridgehead atoms. The van der Waals surface area contributed by atoms with E-state index in [1.54, 1.807) is 60.7 Å². The summed E-state index contributed by atoms with van der Waals surface area (Å²) in [6.45, 7) is 3.81. The van der Waals surface area contributed by atoms with E-state index in [4.69, 9.17) is 16.3 Å².